The second-order valence-corrected chi connectivity index (χ2v) is 7.70. The van der Waals surface area contributed by atoms with Crippen LogP contribution in [0.15, 0.2) is 22.7 Å². The van der Waals surface area contributed by atoms with Gasteiger partial charge in [0.2, 0.25) is 5.89 Å². The number of benzene rings is 1. The van der Waals surface area contributed by atoms with Gasteiger partial charge in [-0.2, -0.15) is 4.98 Å². The first-order chi connectivity index (χ1) is 12.2. The van der Waals surface area contributed by atoms with Gasteiger partial charge in [-0.3, -0.25) is 4.79 Å². The summed E-state index contributed by atoms with van der Waals surface area (Å²) >= 11 is 0. The molecule has 0 N–H and O–H groups in total. The van der Waals surface area contributed by atoms with Crippen molar-refractivity contribution in [1.29, 1.82) is 0 Å². The average Bonchev–Trinajstić information content (AvgIpc) is 3.27. The molecule has 4 rings (SSSR count). The van der Waals surface area contributed by atoms with Gasteiger partial charge in [0.25, 0.3) is 5.95 Å². The molecular weight excluding hydrogens is 314 g/mol. The number of carbonyl (C=O) groups excluding carboxylic acids is 1. The van der Waals surface area contributed by atoms with E-state index in [-0.39, 0.29) is 0 Å². The molecule has 0 amide bonds. The van der Waals surface area contributed by atoms with E-state index in [0.29, 0.717) is 11.9 Å². The van der Waals surface area contributed by atoms with Crippen molar-refractivity contribution >= 4 is 17.9 Å². The SMILES string of the molecule is CC(C)C1CCC(c2nc(N3CCc4cc(C=O)ccc43)no2)CC1. The number of aromatic nitrogens is 2. The smallest absolute Gasteiger partial charge is 0.270 e. The van der Waals surface area contributed by atoms with Crippen LogP contribution < -0.4 is 4.90 Å². The van der Waals surface area contributed by atoms with E-state index in [0.717, 1.165) is 61.1 Å². The van der Waals surface area contributed by atoms with Crippen molar-refractivity contribution in [1.82, 2.24) is 10.1 Å². The number of hydrogen-bond donors (Lipinski definition) is 0. The van der Waals surface area contributed by atoms with Gasteiger partial charge >= 0.3 is 0 Å². The molecule has 1 aromatic carbocycles. The maximum atomic E-state index is 10.9. The molecule has 1 aliphatic carbocycles. The molecular formula is C20H25N3O2. The quantitative estimate of drug-likeness (QED) is 0.767. The van der Waals surface area contributed by atoms with Crippen LogP contribution in [-0.2, 0) is 6.42 Å². The minimum Gasteiger partial charge on any atom is -0.337 e. The molecule has 2 aliphatic rings. The van der Waals surface area contributed by atoms with E-state index in [2.05, 4.69) is 23.9 Å². The summed E-state index contributed by atoms with van der Waals surface area (Å²) in [5, 5.41) is 4.24. The molecule has 132 valence electrons. The summed E-state index contributed by atoms with van der Waals surface area (Å²) < 4.78 is 5.61. The molecule has 2 aromatic rings. The molecule has 1 saturated carbocycles. The summed E-state index contributed by atoms with van der Waals surface area (Å²) in [7, 11) is 0. The molecule has 25 heavy (non-hydrogen) atoms. The number of aldehydes is 1. The lowest BCUT2D eigenvalue weighted by Gasteiger charge is -2.28. The number of hydrogen-bond acceptors (Lipinski definition) is 5. The molecule has 0 bridgehead atoms. The molecule has 1 aliphatic heterocycles. The lowest BCUT2D eigenvalue weighted by atomic mass is 9.77. The minimum atomic E-state index is 0.399. The third-order valence-electron chi connectivity index (χ3n) is 5.87. The van der Waals surface area contributed by atoms with Crippen LogP contribution in [0.3, 0.4) is 0 Å². The van der Waals surface area contributed by atoms with Crippen LogP contribution in [0.25, 0.3) is 0 Å². The fraction of sp³-hybridized carbons (Fsp3) is 0.550. The summed E-state index contributed by atoms with van der Waals surface area (Å²) in [6.45, 7) is 5.46. The van der Waals surface area contributed by atoms with E-state index in [1.54, 1.807) is 0 Å². The van der Waals surface area contributed by atoms with Crippen LogP contribution in [0.5, 0.6) is 0 Å². The summed E-state index contributed by atoms with van der Waals surface area (Å²) in [6.07, 6.45) is 6.58. The highest BCUT2D eigenvalue weighted by Gasteiger charge is 2.30. The van der Waals surface area contributed by atoms with Gasteiger partial charge in [0.05, 0.1) is 0 Å². The van der Waals surface area contributed by atoms with E-state index < -0.39 is 0 Å². The zero-order valence-electron chi connectivity index (χ0n) is 14.9. The van der Waals surface area contributed by atoms with Crippen LogP contribution in [0.1, 0.15) is 67.3 Å². The molecule has 1 fully saturated rings. The molecule has 5 heteroatoms. The Morgan fingerprint density at radius 2 is 2.04 bits per heavy atom. The monoisotopic (exact) mass is 339 g/mol. The van der Waals surface area contributed by atoms with Crippen LogP contribution in [0.2, 0.25) is 0 Å². The van der Waals surface area contributed by atoms with Gasteiger partial charge in [0.1, 0.15) is 6.29 Å². The molecule has 5 nitrogen and oxygen atoms in total. The maximum Gasteiger partial charge on any atom is 0.270 e. The summed E-state index contributed by atoms with van der Waals surface area (Å²) in [4.78, 5) is 17.7. The van der Waals surface area contributed by atoms with Crippen LogP contribution >= 0.6 is 0 Å². The van der Waals surface area contributed by atoms with Crippen molar-refractivity contribution in [2.75, 3.05) is 11.4 Å². The summed E-state index contributed by atoms with van der Waals surface area (Å²) in [5.74, 6) is 3.43. The first kappa shape index (κ1) is 16.3. The summed E-state index contributed by atoms with van der Waals surface area (Å²) in [5.41, 5.74) is 2.98. The third kappa shape index (κ3) is 3.08. The predicted molar refractivity (Wildman–Crippen MR) is 96.4 cm³/mol. The Bertz CT molecular complexity index is 760. The van der Waals surface area contributed by atoms with Gasteiger partial charge in [0.15, 0.2) is 0 Å². The molecule has 0 unspecified atom stereocenters. The minimum absolute atomic E-state index is 0.399. The van der Waals surface area contributed by atoms with Gasteiger partial charge in [-0.1, -0.05) is 13.8 Å². The molecule has 0 spiro atoms. The van der Waals surface area contributed by atoms with Crippen molar-refractivity contribution in [3.05, 3.63) is 35.2 Å². The molecule has 2 heterocycles. The lowest BCUT2D eigenvalue weighted by Crippen LogP contribution is -2.18. The van der Waals surface area contributed by atoms with Crippen molar-refractivity contribution in [2.45, 2.75) is 51.9 Å². The van der Waals surface area contributed by atoms with Gasteiger partial charge in [0, 0.05) is 23.7 Å². The van der Waals surface area contributed by atoms with Crippen molar-refractivity contribution < 1.29 is 9.32 Å². The zero-order valence-corrected chi connectivity index (χ0v) is 14.9. The second-order valence-electron chi connectivity index (χ2n) is 7.70. The number of carbonyl (C=O) groups is 1. The highest BCUT2D eigenvalue weighted by atomic mass is 16.5. The number of rotatable bonds is 4. The van der Waals surface area contributed by atoms with E-state index in [1.165, 1.54) is 18.4 Å². The van der Waals surface area contributed by atoms with Gasteiger partial charge < -0.3 is 9.42 Å². The van der Waals surface area contributed by atoms with Crippen molar-refractivity contribution in [3.63, 3.8) is 0 Å². The Balaban J connectivity index is 1.49. The Hall–Kier alpha value is -2.17. The average molecular weight is 339 g/mol. The fourth-order valence-corrected chi connectivity index (χ4v) is 4.24. The normalized spacial score (nSPS) is 23.1. The largest absolute Gasteiger partial charge is 0.337 e. The molecule has 1 aromatic heterocycles. The Morgan fingerprint density at radius 3 is 2.76 bits per heavy atom. The summed E-state index contributed by atoms with van der Waals surface area (Å²) in [6, 6.07) is 5.78. The highest BCUT2D eigenvalue weighted by molar-refractivity contribution is 5.78. The Kier molecular flexibility index (Phi) is 4.32. The fourth-order valence-electron chi connectivity index (χ4n) is 4.24. The molecule has 0 atom stereocenters. The Labute approximate surface area is 148 Å². The van der Waals surface area contributed by atoms with Crippen molar-refractivity contribution in [2.24, 2.45) is 11.8 Å². The first-order valence-corrected chi connectivity index (χ1v) is 9.35. The van der Waals surface area contributed by atoms with E-state index >= 15 is 0 Å². The van der Waals surface area contributed by atoms with Gasteiger partial charge in [-0.15, -0.1) is 0 Å². The number of anilines is 2. The topological polar surface area (TPSA) is 59.2 Å². The van der Waals surface area contributed by atoms with E-state index in [9.17, 15) is 4.79 Å². The number of fused-ring (bicyclic) bond motifs is 1. The van der Waals surface area contributed by atoms with E-state index in [4.69, 9.17) is 9.51 Å². The zero-order chi connectivity index (χ0) is 17.4. The van der Waals surface area contributed by atoms with E-state index in [1.807, 2.05) is 18.2 Å². The molecule has 0 saturated heterocycles. The van der Waals surface area contributed by atoms with Crippen LogP contribution in [-0.4, -0.2) is 23.0 Å². The van der Waals surface area contributed by atoms with Crippen LogP contribution in [0.4, 0.5) is 11.6 Å². The number of nitrogens with zero attached hydrogens (tertiary/aromatic N) is 3. The van der Waals surface area contributed by atoms with Gasteiger partial charge in [-0.25, -0.2) is 0 Å². The maximum absolute atomic E-state index is 10.9. The van der Waals surface area contributed by atoms with Gasteiger partial charge in [-0.05, 0) is 72.9 Å². The highest BCUT2D eigenvalue weighted by Crippen LogP contribution is 2.39. The Morgan fingerprint density at radius 1 is 1.24 bits per heavy atom. The lowest BCUT2D eigenvalue weighted by molar-refractivity contribution is 0.112. The standard InChI is InChI=1S/C20H25N3O2/c1-13(2)15-4-6-16(7-5-15)19-21-20(22-25-19)23-10-9-17-11-14(12-24)3-8-18(17)23/h3,8,11-13,15-16H,4-7,9-10H2,1-2H3. The first-order valence-electron chi connectivity index (χ1n) is 9.35. The second kappa shape index (κ2) is 6.62. The predicted octanol–water partition coefficient (Wildman–Crippen LogP) is 4.51. The van der Waals surface area contributed by atoms with Crippen LogP contribution in [0, 0.1) is 11.8 Å². The van der Waals surface area contributed by atoms with Crippen molar-refractivity contribution in [3.8, 4) is 0 Å². The molecule has 0 radical (unpaired) electrons. The third-order valence-corrected chi connectivity index (χ3v) is 5.87.